The number of carbonyl (C=O) groups is 2. The Labute approximate surface area is 144 Å². The number of esters is 2. The van der Waals surface area contributed by atoms with Crippen molar-refractivity contribution in [2.24, 2.45) is 5.41 Å². The van der Waals surface area contributed by atoms with Crippen molar-refractivity contribution >= 4 is 11.9 Å². The van der Waals surface area contributed by atoms with Crippen LogP contribution in [0, 0.1) is 5.41 Å². The normalized spacial score (nSPS) is 30.2. The SMILES string of the molecule is CC(=O)OCC=C(C)C=CC1(O)C(C)(C)CCCC1(C)OC(C)=O. The molecule has 1 rings (SSSR count). The van der Waals surface area contributed by atoms with Crippen LogP contribution in [0.3, 0.4) is 0 Å². The van der Waals surface area contributed by atoms with Crippen LogP contribution in [0.2, 0.25) is 0 Å². The van der Waals surface area contributed by atoms with Gasteiger partial charge in [0.15, 0.2) is 0 Å². The second kappa shape index (κ2) is 7.51. The molecule has 0 radical (unpaired) electrons. The lowest BCUT2D eigenvalue weighted by molar-refractivity contribution is -0.218. The minimum absolute atomic E-state index is 0.189. The molecule has 2 atom stereocenters. The van der Waals surface area contributed by atoms with Crippen molar-refractivity contribution in [3.8, 4) is 0 Å². The van der Waals surface area contributed by atoms with Gasteiger partial charge in [0.25, 0.3) is 0 Å². The maximum absolute atomic E-state index is 11.5. The van der Waals surface area contributed by atoms with Crippen LogP contribution in [0.1, 0.15) is 60.8 Å². The lowest BCUT2D eigenvalue weighted by Gasteiger charge is -2.55. The number of allylic oxidation sites excluding steroid dienone is 2. The van der Waals surface area contributed by atoms with Crippen LogP contribution in [-0.4, -0.2) is 34.9 Å². The summed E-state index contributed by atoms with van der Waals surface area (Å²) in [6.45, 7) is 10.5. The van der Waals surface area contributed by atoms with Crippen LogP contribution < -0.4 is 0 Å². The zero-order chi connectivity index (χ0) is 18.6. The molecule has 0 saturated heterocycles. The molecule has 1 aliphatic carbocycles. The fourth-order valence-corrected chi connectivity index (χ4v) is 3.42. The van der Waals surface area contributed by atoms with E-state index in [1.165, 1.54) is 13.8 Å². The Kier molecular flexibility index (Phi) is 6.39. The van der Waals surface area contributed by atoms with E-state index in [2.05, 4.69) is 0 Å². The van der Waals surface area contributed by atoms with E-state index in [0.29, 0.717) is 6.42 Å². The molecular formula is C19H30O5. The molecule has 1 fully saturated rings. The summed E-state index contributed by atoms with van der Waals surface area (Å²) >= 11 is 0. The first-order valence-corrected chi connectivity index (χ1v) is 8.35. The van der Waals surface area contributed by atoms with Crippen molar-refractivity contribution in [3.63, 3.8) is 0 Å². The summed E-state index contributed by atoms with van der Waals surface area (Å²) in [5.41, 5.74) is -1.85. The molecule has 0 spiro atoms. The van der Waals surface area contributed by atoms with E-state index in [0.717, 1.165) is 18.4 Å². The first kappa shape index (κ1) is 20.4. The quantitative estimate of drug-likeness (QED) is 0.615. The van der Waals surface area contributed by atoms with Crippen LogP contribution in [-0.2, 0) is 19.1 Å². The van der Waals surface area contributed by atoms with Gasteiger partial charge in [-0.25, -0.2) is 0 Å². The minimum Gasteiger partial charge on any atom is -0.462 e. The Morgan fingerprint density at radius 3 is 2.25 bits per heavy atom. The third-order valence-electron chi connectivity index (χ3n) is 4.94. The topological polar surface area (TPSA) is 72.8 Å². The van der Waals surface area contributed by atoms with Gasteiger partial charge in [-0.15, -0.1) is 0 Å². The number of rotatable bonds is 5. The van der Waals surface area contributed by atoms with Gasteiger partial charge >= 0.3 is 11.9 Å². The average Bonchev–Trinajstić information content (AvgIpc) is 2.41. The average molecular weight is 338 g/mol. The molecule has 1 saturated carbocycles. The molecule has 0 aromatic rings. The molecule has 0 aliphatic heterocycles. The van der Waals surface area contributed by atoms with Crippen molar-refractivity contribution in [1.82, 2.24) is 0 Å². The van der Waals surface area contributed by atoms with E-state index in [1.807, 2.05) is 20.8 Å². The third-order valence-corrected chi connectivity index (χ3v) is 4.94. The van der Waals surface area contributed by atoms with E-state index >= 15 is 0 Å². The third kappa shape index (κ3) is 4.47. The zero-order valence-corrected chi connectivity index (χ0v) is 15.6. The summed E-state index contributed by atoms with van der Waals surface area (Å²) in [6.07, 6.45) is 7.59. The van der Waals surface area contributed by atoms with Gasteiger partial charge in [0.2, 0.25) is 0 Å². The maximum Gasteiger partial charge on any atom is 0.303 e. The molecule has 0 heterocycles. The number of ether oxygens (including phenoxy) is 2. The van der Waals surface area contributed by atoms with E-state index in [9.17, 15) is 14.7 Å². The van der Waals surface area contributed by atoms with Crippen LogP contribution in [0.25, 0.3) is 0 Å². The van der Waals surface area contributed by atoms with Gasteiger partial charge in [0.1, 0.15) is 17.8 Å². The number of carbonyl (C=O) groups excluding carboxylic acids is 2. The molecule has 0 amide bonds. The molecule has 24 heavy (non-hydrogen) atoms. The highest BCUT2D eigenvalue weighted by atomic mass is 16.6. The molecule has 1 aliphatic rings. The summed E-state index contributed by atoms with van der Waals surface area (Å²) in [6, 6.07) is 0. The Morgan fingerprint density at radius 2 is 1.71 bits per heavy atom. The summed E-state index contributed by atoms with van der Waals surface area (Å²) in [4.78, 5) is 22.3. The Morgan fingerprint density at radius 1 is 1.08 bits per heavy atom. The van der Waals surface area contributed by atoms with Crippen LogP contribution in [0.15, 0.2) is 23.8 Å². The van der Waals surface area contributed by atoms with Gasteiger partial charge in [-0.3, -0.25) is 9.59 Å². The first-order valence-electron chi connectivity index (χ1n) is 8.35. The lowest BCUT2D eigenvalue weighted by atomic mass is 9.58. The van der Waals surface area contributed by atoms with Crippen molar-refractivity contribution in [2.45, 2.75) is 72.0 Å². The van der Waals surface area contributed by atoms with E-state index in [4.69, 9.17) is 9.47 Å². The highest BCUT2D eigenvalue weighted by molar-refractivity contribution is 5.67. The second-order valence-corrected chi connectivity index (χ2v) is 7.41. The highest BCUT2D eigenvalue weighted by Gasteiger charge is 2.59. The number of hydrogen-bond donors (Lipinski definition) is 1. The molecular weight excluding hydrogens is 308 g/mol. The van der Waals surface area contributed by atoms with Crippen LogP contribution in [0.4, 0.5) is 0 Å². The van der Waals surface area contributed by atoms with Gasteiger partial charge in [-0.05, 0) is 45.3 Å². The summed E-state index contributed by atoms with van der Waals surface area (Å²) in [5.74, 6) is -0.735. The minimum atomic E-state index is -1.29. The molecule has 136 valence electrons. The molecule has 1 N–H and O–H groups in total. The van der Waals surface area contributed by atoms with E-state index in [1.54, 1.807) is 25.2 Å². The monoisotopic (exact) mass is 338 g/mol. The van der Waals surface area contributed by atoms with Crippen molar-refractivity contribution < 1.29 is 24.2 Å². The molecule has 5 heteroatoms. The largest absolute Gasteiger partial charge is 0.462 e. The summed E-state index contributed by atoms with van der Waals surface area (Å²) < 4.78 is 10.4. The fraction of sp³-hybridized carbons (Fsp3) is 0.684. The molecule has 5 nitrogen and oxygen atoms in total. The standard InChI is InChI=1S/C19H30O5/c1-14(9-13-23-15(2)20)8-12-19(22)17(4,5)10-7-11-18(19,6)24-16(3)21/h8-9,12,22H,7,10-11,13H2,1-6H3. The molecule has 0 aromatic carbocycles. The Balaban J connectivity index is 3.09. The Hall–Kier alpha value is -1.62. The van der Waals surface area contributed by atoms with Crippen LogP contribution in [0.5, 0.6) is 0 Å². The second-order valence-electron chi connectivity index (χ2n) is 7.41. The predicted molar refractivity (Wildman–Crippen MR) is 92.3 cm³/mol. The van der Waals surface area contributed by atoms with Crippen molar-refractivity contribution in [2.75, 3.05) is 6.61 Å². The maximum atomic E-state index is 11.5. The van der Waals surface area contributed by atoms with Crippen LogP contribution >= 0.6 is 0 Å². The summed E-state index contributed by atoms with van der Waals surface area (Å²) in [7, 11) is 0. The lowest BCUT2D eigenvalue weighted by Crippen LogP contribution is -2.63. The predicted octanol–water partition coefficient (Wildman–Crippen LogP) is 3.32. The van der Waals surface area contributed by atoms with E-state index in [-0.39, 0.29) is 12.6 Å². The first-order chi connectivity index (χ1) is 10.9. The Bertz CT molecular complexity index is 546. The van der Waals surface area contributed by atoms with Crippen molar-refractivity contribution in [3.05, 3.63) is 23.8 Å². The van der Waals surface area contributed by atoms with Gasteiger partial charge in [0.05, 0.1) is 0 Å². The molecule has 0 bridgehead atoms. The van der Waals surface area contributed by atoms with Gasteiger partial charge < -0.3 is 14.6 Å². The fourth-order valence-electron chi connectivity index (χ4n) is 3.42. The van der Waals surface area contributed by atoms with Crippen molar-refractivity contribution in [1.29, 1.82) is 0 Å². The number of hydrogen-bond acceptors (Lipinski definition) is 5. The van der Waals surface area contributed by atoms with Gasteiger partial charge in [-0.2, -0.15) is 0 Å². The van der Waals surface area contributed by atoms with Gasteiger partial charge in [-0.1, -0.05) is 25.5 Å². The molecule has 2 unspecified atom stereocenters. The van der Waals surface area contributed by atoms with E-state index < -0.39 is 22.6 Å². The van der Waals surface area contributed by atoms with Gasteiger partial charge in [0, 0.05) is 19.3 Å². The summed E-state index contributed by atoms with van der Waals surface area (Å²) in [5, 5.41) is 11.5. The highest BCUT2D eigenvalue weighted by Crippen LogP contribution is 2.51. The zero-order valence-electron chi connectivity index (χ0n) is 15.6. The number of aliphatic hydroxyl groups is 1. The smallest absolute Gasteiger partial charge is 0.303 e. The molecule has 0 aromatic heterocycles.